The fourth-order valence-electron chi connectivity index (χ4n) is 13.1. The summed E-state index contributed by atoms with van der Waals surface area (Å²) in [6, 6.07) is 56.7. The quantitative estimate of drug-likeness (QED) is 0.106. The SMILES string of the molecule is CC(C)(C)c1c2cc3c(cc2c(C(C)(C)C)c2cc4c(cc12)C(C)(C)c1cc2c5ccccc5c5ccccc5c2cc1-4)C(C)(C)c1cc2c4ccccc4c4ccccc4c2cc1-3. The number of hydrogen-bond acceptors (Lipinski definition) is 0. The number of benzene rings is 11. The zero-order valence-electron chi connectivity index (χ0n) is 38.9. The van der Waals surface area contributed by atoms with Crippen molar-refractivity contribution in [1.29, 1.82) is 0 Å². The van der Waals surface area contributed by atoms with Crippen LogP contribution in [0.25, 0.3) is 108 Å². The highest BCUT2D eigenvalue weighted by Gasteiger charge is 2.41. The van der Waals surface area contributed by atoms with Crippen LogP contribution in [-0.2, 0) is 21.7 Å². The van der Waals surface area contributed by atoms with Crippen LogP contribution in [-0.4, -0.2) is 0 Å². The summed E-state index contributed by atoms with van der Waals surface area (Å²) in [6.07, 6.45) is 0. The van der Waals surface area contributed by atoms with Crippen molar-refractivity contribution < 1.29 is 0 Å². The van der Waals surface area contributed by atoms with Crippen molar-refractivity contribution in [2.24, 2.45) is 0 Å². The Bertz CT molecular complexity index is 3690. The van der Waals surface area contributed by atoms with Crippen molar-refractivity contribution >= 4 is 86.2 Å². The van der Waals surface area contributed by atoms with Crippen LogP contribution in [0, 0.1) is 0 Å². The van der Waals surface area contributed by atoms with Gasteiger partial charge in [-0.3, -0.25) is 0 Å². The molecule has 13 rings (SSSR count). The molecule has 0 radical (unpaired) electrons. The first-order valence-corrected chi connectivity index (χ1v) is 23.4. The Morgan fingerprint density at radius 2 is 0.438 bits per heavy atom. The summed E-state index contributed by atoms with van der Waals surface area (Å²) in [4.78, 5) is 0. The number of hydrogen-bond donors (Lipinski definition) is 0. The zero-order valence-corrected chi connectivity index (χ0v) is 38.9. The van der Waals surface area contributed by atoms with Crippen molar-refractivity contribution in [3.8, 4) is 22.3 Å². The van der Waals surface area contributed by atoms with E-state index in [9.17, 15) is 0 Å². The molecule has 0 fully saturated rings. The first-order chi connectivity index (χ1) is 30.5. The van der Waals surface area contributed by atoms with Gasteiger partial charge in [0.1, 0.15) is 0 Å². The molecule has 2 aliphatic carbocycles. The van der Waals surface area contributed by atoms with Gasteiger partial charge in [-0.25, -0.2) is 0 Å². The zero-order chi connectivity index (χ0) is 44.0. The molecule has 64 heavy (non-hydrogen) atoms. The van der Waals surface area contributed by atoms with Gasteiger partial charge < -0.3 is 0 Å². The van der Waals surface area contributed by atoms with E-state index in [1.54, 1.807) is 0 Å². The molecule has 0 aliphatic heterocycles. The lowest BCUT2D eigenvalue weighted by Crippen LogP contribution is -2.20. The van der Waals surface area contributed by atoms with Crippen molar-refractivity contribution in [2.45, 2.75) is 90.9 Å². The normalized spacial score (nSPS) is 15.3. The lowest BCUT2D eigenvalue weighted by molar-refractivity contribution is 0.592. The van der Waals surface area contributed by atoms with Gasteiger partial charge in [-0.1, -0.05) is 166 Å². The fourth-order valence-corrected chi connectivity index (χ4v) is 13.1. The van der Waals surface area contributed by atoms with Gasteiger partial charge in [-0.15, -0.1) is 0 Å². The summed E-state index contributed by atoms with van der Waals surface area (Å²) >= 11 is 0. The van der Waals surface area contributed by atoms with Crippen LogP contribution in [0.5, 0.6) is 0 Å². The minimum Gasteiger partial charge on any atom is -0.0616 e. The van der Waals surface area contributed by atoms with E-state index in [1.807, 2.05) is 0 Å². The topological polar surface area (TPSA) is 0 Å². The molecule has 310 valence electrons. The summed E-state index contributed by atoms with van der Waals surface area (Å²) in [5, 5.41) is 21.6. The average Bonchev–Trinajstić information content (AvgIpc) is 3.62. The molecule has 0 atom stereocenters. The smallest absolute Gasteiger partial charge is 0.0159 e. The monoisotopic (exact) mass is 822 g/mol. The van der Waals surface area contributed by atoms with Crippen LogP contribution in [0.1, 0.15) is 103 Å². The molecule has 0 saturated carbocycles. The molecule has 11 aromatic rings. The van der Waals surface area contributed by atoms with Gasteiger partial charge in [0.25, 0.3) is 0 Å². The van der Waals surface area contributed by atoms with Crippen molar-refractivity contribution in [3.05, 3.63) is 179 Å². The lowest BCUT2D eigenvalue weighted by atomic mass is 9.71. The molecule has 0 nitrogen and oxygen atoms in total. The Kier molecular flexibility index (Phi) is 7.24. The maximum atomic E-state index is 2.64. The van der Waals surface area contributed by atoms with E-state index in [2.05, 4.69) is 215 Å². The van der Waals surface area contributed by atoms with Gasteiger partial charge in [-0.2, -0.15) is 0 Å². The van der Waals surface area contributed by atoms with E-state index in [4.69, 9.17) is 0 Å². The molecular weight excluding hydrogens is 769 g/mol. The molecule has 2 aliphatic rings. The molecule has 0 unspecified atom stereocenters. The third-order valence-corrected chi connectivity index (χ3v) is 15.9. The van der Waals surface area contributed by atoms with Crippen molar-refractivity contribution in [3.63, 3.8) is 0 Å². The second-order valence-electron chi connectivity index (χ2n) is 22.5. The van der Waals surface area contributed by atoms with Crippen LogP contribution in [0.3, 0.4) is 0 Å². The highest BCUT2D eigenvalue weighted by molar-refractivity contribution is 6.28. The van der Waals surface area contributed by atoms with Crippen LogP contribution < -0.4 is 0 Å². The average molecular weight is 823 g/mol. The van der Waals surface area contributed by atoms with Crippen LogP contribution in [0.2, 0.25) is 0 Å². The molecule has 0 bridgehead atoms. The summed E-state index contributed by atoms with van der Waals surface area (Å²) in [5.74, 6) is 0. The first-order valence-electron chi connectivity index (χ1n) is 23.4. The van der Waals surface area contributed by atoms with E-state index >= 15 is 0 Å². The standard InChI is InChI=1S/C64H54/c1-61(2,3)59-51-29-49-47-27-43-39-23-15-11-19-35(39)37-21-13-17-25-41(37)45(43)31-55(47)64(9,10)58(49)34-54(51)60(62(4,5)6)52-30-50-48-28-44-40-24-16-12-20-36(40)38-22-14-18-26-42(38)46(44)32-56(48)63(7,8)57(50)33-53(52)59/h11-34H,1-10H3. The largest absolute Gasteiger partial charge is 0.0616 e. The highest BCUT2D eigenvalue weighted by Crippen LogP contribution is 2.58. The third kappa shape index (κ3) is 4.79. The van der Waals surface area contributed by atoms with E-state index in [0.29, 0.717) is 0 Å². The van der Waals surface area contributed by atoms with E-state index in [-0.39, 0.29) is 21.7 Å². The lowest BCUT2D eigenvalue weighted by Gasteiger charge is -2.32. The van der Waals surface area contributed by atoms with Gasteiger partial charge in [0.15, 0.2) is 0 Å². The van der Waals surface area contributed by atoms with Gasteiger partial charge in [0, 0.05) is 10.8 Å². The van der Waals surface area contributed by atoms with E-state index < -0.39 is 0 Å². The van der Waals surface area contributed by atoms with E-state index in [0.717, 1.165) is 0 Å². The maximum absolute atomic E-state index is 2.64. The maximum Gasteiger partial charge on any atom is 0.0159 e. The number of rotatable bonds is 0. The Balaban J connectivity index is 1.14. The Morgan fingerprint density at radius 3 is 0.688 bits per heavy atom. The van der Waals surface area contributed by atoms with E-state index in [1.165, 1.54) is 142 Å². The van der Waals surface area contributed by atoms with Crippen LogP contribution in [0.15, 0.2) is 146 Å². The molecular formula is C64H54. The van der Waals surface area contributed by atoms with Crippen LogP contribution >= 0.6 is 0 Å². The Hall–Kier alpha value is -6.50. The second-order valence-corrected chi connectivity index (χ2v) is 22.5. The Morgan fingerprint density at radius 1 is 0.250 bits per heavy atom. The van der Waals surface area contributed by atoms with Gasteiger partial charge in [-0.05, 0) is 201 Å². The van der Waals surface area contributed by atoms with Gasteiger partial charge >= 0.3 is 0 Å². The Labute approximate surface area is 376 Å². The van der Waals surface area contributed by atoms with Crippen LogP contribution in [0.4, 0.5) is 0 Å². The van der Waals surface area contributed by atoms with Crippen molar-refractivity contribution in [1.82, 2.24) is 0 Å². The molecule has 0 spiro atoms. The highest BCUT2D eigenvalue weighted by atomic mass is 14.4. The minimum atomic E-state index is -0.180. The summed E-state index contributed by atoms with van der Waals surface area (Å²) in [7, 11) is 0. The predicted molar refractivity (Wildman–Crippen MR) is 279 cm³/mol. The first kappa shape index (κ1) is 38.0. The molecule has 0 heteroatoms. The van der Waals surface area contributed by atoms with Gasteiger partial charge in [0.05, 0.1) is 0 Å². The summed E-state index contributed by atoms with van der Waals surface area (Å²) < 4.78 is 0. The molecule has 0 aromatic heterocycles. The molecule has 0 saturated heterocycles. The minimum absolute atomic E-state index is 0.118. The van der Waals surface area contributed by atoms with Gasteiger partial charge in [0.2, 0.25) is 0 Å². The summed E-state index contributed by atoms with van der Waals surface area (Å²) in [6.45, 7) is 24.5. The third-order valence-electron chi connectivity index (χ3n) is 15.9. The van der Waals surface area contributed by atoms with Crippen molar-refractivity contribution in [2.75, 3.05) is 0 Å². The predicted octanol–water partition coefficient (Wildman–Crippen LogP) is 18.1. The fraction of sp³-hybridized carbons (Fsp3) is 0.219. The molecule has 11 aromatic carbocycles. The molecule has 0 N–H and O–H groups in total. The number of fused-ring (bicyclic) bond motifs is 20. The summed E-state index contributed by atoms with van der Waals surface area (Å²) in [5.41, 5.74) is 13.6. The molecule has 0 heterocycles. The molecule has 0 amide bonds. The second kappa shape index (κ2) is 12.2.